The number of nitrogens with one attached hydrogen (secondary N) is 1. The molecule has 0 saturated carbocycles. The highest BCUT2D eigenvalue weighted by Gasteiger charge is 2.32. The van der Waals surface area contributed by atoms with Crippen molar-refractivity contribution in [1.82, 2.24) is 14.8 Å². The molecule has 30 heavy (non-hydrogen) atoms. The van der Waals surface area contributed by atoms with Crippen LogP contribution in [-0.2, 0) is 14.3 Å². The molecule has 0 bridgehead atoms. The number of hydrogen-bond acceptors (Lipinski definition) is 6. The van der Waals surface area contributed by atoms with Gasteiger partial charge in [-0.05, 0) is 29.8 Å². The molecule has 158 valence electrons. The van der Waals surface area contributed by atoms with E-state index in [1.165, 1.54) is 13.3 Å². The number of hydrogen-bond donors (Lipinski definition) is 1. The molecule has 2 aromatic rings. The second-order valence-corrected chi connectivity index (χ2v) is 7.31. The molecular weight excluding hydrogens is 391 g/mol. The lowest BCUT2D eigenvalue weighted by Gasteiger charge is -2.40. The fourth-order valence-electron chi connectivity index (χ4n) is 3.78. The zero-order valence-corrected chi connectivity index (χ0v) is 16.6. The largest absolute Gasteiger partial charge is 0.490 e. The minimum atomic E-state index is -0.578. The van der Waals surface area contributed by atoms with Crippen LogP contribution in [0.4, 0.5) is 10.1 Å². The molecule has 9 heteroatoms. The predicted molar refractivity (Wildman–Crippen MR) is 108 cm³/mol. The van der Waals surface area contributed by atoms with Gasteiger partial charge in [-0.15, -0.1) is 0 Å². The van der Waals surface area contributed by atoms with Crippen LogP contribution in [0, 0.1) is 5.95 Å². The molecule has 1 N–H and O–H groups in total. The Kier molecular flexibility index (Phi) is 5.91. The maximum Gasteiger partial charge on any atom is 0.248 e. The van der Waals surface area contributed by atoms with Crippen molar-refractivity contribution < 1.29 is 23.5 Å². The number of ether oxygens (including phenoxy) is 2. The molecule has 0 unspecified atom stereocenters. The number of benzene rings is 1. The van der Waals surface area contributed by atoms with Crippen LogP contribution < -0.4 is 10.1 Å². The molecule has 1 aromatic carbocycles. The highest BCUT2D eigenvalue weighted by Crippen LogP contribution is 2.32. The lowest BCUT2D eigenvalue weighted by molar-refractivity contribution is -0.138. The van der Waals surface area contributed by atoms with Gasteiger partial charge in [-0.2, -0.15) is 4.39 Å². The lowest BCUT2D eigenvalue weighted by atomic mass is 10.1. The molecule has 1 fully saturated rings. The SMILES string of the molecule is COCC(=O)N1CCN2CC(=O)Nc3cc(-c4cccnc4F)ccc3OC[C@H]2C1. The maximum absolute atomic E-state index is 14.1. The first-order valence-corrected chi connectivity index (χ1v) is 9.73. The molecule has 8 nitrogen and oxygen atoms in total. The van der Waals surface area contributed by atoms with Crippen LogP contribution in [0.1, 0.15) is 0 Å². The summed E-state index contributed by atoms with van der Waals surface area (Å²) in [5.74, 6) is -0.346. The van der Waals surface area contributed by atoms with Gasteiger partial charge in [0.25, 0.3) is 0 Å². The van der Waals surface area contributed by atoms with Gasteiger partial charge >= 0.3 is 0 Å². The third-order valence-electron chi connectivity index (χ3n) is 5.33. The number of anilines is 1. The summed E-state index contributed by atoms with van der Waals surface area (Å²) >= 11 is 0. The normalized spacial score (nSPS) is 19.5. The Morgan fingerprint density at radius 3 is 3.03 bits per heavy atom. The zero-order valence-electron chi connectivity index (χ0n) is 16.6. The molecule has 0 radical (unpaired) electrons. The van der Waals surface area contributed by atoms with Crippen LogP contribution >= 0.6 is 0 Å². The van der Waals surface area contributed by atoms with Crippen molar-refractivity contribution in [2.45, 2.75) is 6.04 Å². The van der Waals surface area contributed by atoms with Crippen molar-refractivity contribution in [2.75, 3.05) is 51.8 Å². The monoisotopic (exact) mass is 414 g/mol. The van der Waals surface area contributed by atoms with Crippen molar-refractivity contribution in [1.29, 1.82) is 0 Å². The molecular formula is C21H23FN4O4. The van der Waals surface area contributed by atoms with Crippen LogP contribution in [-0.4, -0.2) is 79.1 Å². The van der Waals surface area contributed by atoms with Gasteiger partial charge in [-0.25, -0.2) is 4.98 Å². The van der Waals surface area contributed by atoms with Crippen molar-refractivity contribution >= 4 is 17.5 Å². The van der Waals surface area contributed by atoms with Crippen molar-refractivity contribution in [3.05, 3.63) is 42.5 Å². The number of aromatic nitrogens is 1. The van der Waals surface area contributed by atoms with E-state index in [4.69, 9.17) is 9.47 Å². The van der Waals surface area contributed by atoms with Crippen LogP contribution in [0.15, 0.2) is 36.5 Å². The minimum Gasteiger partial charge on any atom is -0.490 e. The summed E-state index contributed by atoms with van der Waals surface area (Å²) in [6.45, 7) is 2.10. The molecule has 1 saturated heterocycles. The van der Waals surface area contributed by atoms with Crippen molar-refractivity contribution in [3.63, 3.8) is 0 Å². The first-order valence-electron chi connectivity index (χ1n) is 9.73. The summed E-state index contributed by atoms with van der Waals surface area (Å²) in [4.78, 5) is 32.3. The lowest BCUT2D eigenvalue weighted by Crippen LogP contribution is -2.58. The second kappa shape index (κ2) is 8.76. The third kappa shape index (κ3) is 4.27. The van der Waals surface area contributed by atoms with E-state index in [0.29, 0.717) is 48.8 Å². The molecule has 1 aromatic heterocycles. The Morgan fingerprint density at radius 2 is 2.23 bits per heavy atom. The zero-order chi connectivity index (χ0) is 21.1. The smallest absolute Gasteiger partial charge is 0.248 e. The Bertz CT molecular complexity index is 954. The van der Waals surface area contributed by atoms with Gasteiger partial charge in [0.2, 0.25) is 17.8 Å². The molecule has 1 atom stereocenters. The van der Waals surface area contributed by atoms with Crippen molar-refractivity contribution in [2.24, 2.45) is 0 Å². The number of amides is 2. The highest BCUT2D eigenvalue weighted by molar-refractivity contribution is 5.94. The molecule has 0 spiro atoms. The number of fused-ring (bicyclic) bond motifs is 2. The topological polar surface area (TPSA) is 84.0 Å². The van der Waals surface area contributed by atoms with E-state index in [0.717, 1.165) is 0 Å². The van der Waals surface area contributed by atoms with E-state index in [2.05, 4.69) is 10.3 Å². The fourth-order valence-corrected chi connectivity index (χ4v) is 3.78. The van der Waals surface area contributed by atoms with Crippen LogP contribution in [0.5, 0.6) is 5.75 Å². The standard InChI is InChI=1S/C21H23FN4O4/c1-29-13-20(28)26-8-7-25-11-19(27)24-17-9-14(16-3-2-6-23-21(16)22)4-5-18(17)30-12-15(25)10-26/h2-6,9,15H,7-8,10-13H2,1H3,(H,24,27)/t15-/m1/s1. The number of methoxy groups -OCH3 is 1. The number of pyridine rings is 1. The highest BCUT2D eigenvalue weighted by atomic mass is 19.1. The molecule has 3 heterocycles. The van der Waals surface area contributed by atoms with E-state index in [1.54, 1.807) is 35.2 Å². The molecule has 2 aliphatic heterocycles. The van der Waals surface area contributed by atoms with E-state index in [9.17, 15) is 14.0 Å². The maximum atomic E-state index is 14.1. The molecule has 4 rings (SSSR count). The van der Waals surface area contributed by atoms with Crippen molar-refractivity contribution in [3.8, 4) is 16.9 Å². The Morgan fingerprint density at radius 1 is 1.37 bits per heavy atom. The minimum absolute atomic E-state index is 0.0323. The Hall–Kier alpha value is -3.04. The number of piperazine rings is 1. The number of carbonyl (C=O) groups is 2. The fraction of sp³-hybridized carbons (Fsp3) is 0.381. The van der Waals surface area contributed by atoms with Crippen LogP contribution in [0.2, 0.25) is 0 Å². The number of rotatable bonds is 3. The molecule has 2 aliphatic rings. The first-order chi connectivity index (χ1) is 14.5. The summed E-state index contributed by atoms with van der Waals surface area (Å²) < 4.78 is 25.0. The third-order valence-corrected chi connectivity index (χ3v) is 5.33. The van der Waals surface area contributed by atoms with Gasteiger partial charge in [0.1, 0.15) is 19.0 Å². The van der Waals surface area contributed by atoms with E-state index in [1.807, 2.05) is 4.90 Å². The van der Waals surface area contributed by atoms with Gasteiger partial charge in [-0.1, -0.05) is 6.07 Å². The van der Waals surface area contributed by atoms with Crippen LogP contribution in [0.3, 0.4) is 0 Å². The summed E-state index contributed by atoms with van der Waals surface area (Å²) in [6.07, 6.45) is 1.39. The van der Waals surface area contributed by atoms with Gasteiger partial charge in [-0.3, -0.25) is 14.5 Å². The second-order valence-electron chi connectivity index (χ2n) is 7.31. The predicted octanol–water partition coefficient (Wildman–Crippen LogP) is 1.38. The summed E-state index contributed by atoms with van der Waals surface area (Å²) in [7, 11) is 1.49. The van der Waals surface area contributed by atoms with E-state index in [-0.39, 0.29) is 31.0 Å². The van der Waals surface area contributed by atoms with E-state index < -0.39 is 5.95 Å². The molecule has 0 aliphatic carbocycles. The number of halogens is 1. The first kappa shape index (κ1) is 20.2. The quantitative estimate of drug-likeness (QED) is 0.764. The van der Waals surface area contributed by atoms with Gasteiger partial charge in [0.05, 0.1) is 18.3 Å². The van der Waals surface area contributed by atoms with Gasteiger partial charge < -0.3 is 19.7 Å². The molecule has 2 amide bonds. The summed E-state index contributed by atoms with van der Waals surface area (Å²) in [6, 6.07) is 8.30. The Balaban J connectivity index is 1.57. The van der Waals surface area contributed by atoms with Crippen LogP contribution in [0.25, 0.3) is 11.1 Å². The van der Waals surface area contributed by atoms with Gasteiger partial charge in [0.15, 0.2) is 0 Å². The Labute approximate surface area is 173 Å². The van der Waals surface area contributed by atoms with Gasteiger partial charge in [0, 0.05) is 38.5 Å². The summed E-state index contributed by atoms with van der Waals surface area (Å²) in [5.41, 5.74) is 1.42. The number of carbonyl (C=O) groups excluding carboxylic acids is 2. The average molecular weight is 414 g/mol. The summed E-state index contributed by atoms with van der Waals surface area (Å²) in [5, 5.41) is 2.87. The van der Waals surface area contributed by atoms with E-state index >= 15 is 0 Å². The average Bonchev–Trinajstić information content (AvgIpc) is 2.80. The number of nitrogens with zero attached hydrogens (tertiary/aromatic N) is 3.